The average Bonchev–Trinajstić information content (AvgIpc) is 2.52. The van der Waals surface area contributed by atoms with Gasteiger partial charge in [0, 0.05) is 17.6 Å². The Labute approximate surface area is 131 Å². The van der Waals surface area contributed by atoms with E-state index in [2.05, 4.69) is 4.98 Å². The van der Waals surface area contributed by atoms with Crippen LogP contribution in [0.4, 0.5) is 5.69 Å². The van der Waals surface area contributed by atoms with Crippen LogP contribution in [0.2, 0.25) is 5.15 Å². The molecular weight excluding hydrogens is 304 g/mol. The van der Waals surface area contributed by atoms with Crippen molar-refractivity contribution < 1.29 is 9.66 Å². The van der Waals surface area contributed by atoms with Gasteiger partial charge >= 0.3 is 0 Å². The monoisotopic (exact) mass is 314 g/mol. The highest BCUT2D eigenvalue weighted by atomic mass is 35.5. The van der Waals surface area contributed by atoms with Gasteiger partial charge < -0.3 is 4.74 Å². The van der Waals surface area contributed by atoms with E-state index < -0.39 is 4.92 Å². The Kier molecular flexibility index (Phi) is 3.89. The minimum absolute atomic E-state index is 0.0647. The molecule has 0 unspecified atom stereocenters. The van der Waals surface area contributed by atoms with Crippen molar-refractivity contribution in [1.82, 2.24) is 4.98 Å². The number of hydrogen-bond donors (Lipinski definition) is 0. The third-order valence-corrected chi connectivity index (χ3v) is 3.45. The first-order valence-electron chi connectivity index (χ1n) is 6.54. The topological polar surface area (TPSA) is 65.3 Å². The van der Waals surface area contributed by atoms with Gasteiger partial charge in [0.05, 0.1) is 10.3 Å². The number of halogens is 1. The van der Waals surface area contributed by atoms with Crippen molar-refractivity contribution in [3.8, 4) is 5.75 Å². The van der Waals surface area contributed by atoms with Crippen LogP contribution < -0.4 is 4.74 Å². The summed E-state index contributed by atoms with van der Waals surface area (Å²) in [6.45, 7) is 0.310. The molecule has 0 N–H and O–H groups in total. The smallest absolute Gasteiger partial charge is 0.277 e. The fourth-order valence-corrected chi connectivity index (χ4v) is 2.43. The highest BCUT2D eigenvalue weighted by Gasteiger charge is 2.14. The zero-order chi connectivity index (χ0) is 15.5. The molecular formula is C16H11ClN2O3. The lowest BCUT2D eigenvalue weighted by atomic mass is 10.1. The van der Waals surface area contributed by atoms with Gasteiger partial charge in [0.1, 0.15) is 17.5 Å². The van der Waals surface area contributed by atoms with Crippen LogP contribution in [0.3, 0.4) is 0 Å². The highest BCUT2D eigenvalue weighted by Crippen LogP contribution is 2.33. The summed E-state index contributed by atoms with van der Waals surface area (Å²) < 4.78 is 5.79. The number of ether oxygens (including phenoxy) is 1. The maximum Gasteiger partial charge on any atom is 0.277 e. The van der Waals surface area contributed by atoms with Crippen molar-refractivity contribution in [3.63, 3.8) is 0 Å². The molecule has 0 saturated carbocycles. The predicted octanol–water partition coefficient (Wildman–Crippen LogP) is 4.38. The van der Waals surface area contributed by atoms with Crippen LogP contribution in [-0.2, 0) is 6.61 Å². The second-order valence-corrected chi connectivity index (χ2v) is 5.05. The van der Waals surface area contributed by atoms with Gasteiger partial charge in [-0.3, -0.25) is 10.1 Å². The van der Waals surface area contributed by atoms with E-state index in [-0.39, 0.29) is 5.69 Å². The number of nitro groups is 1. The van der Waals surface area contributed by atoms with Gasteiger partial charge in [-0.15, -0.1) is 0 Å². The zero-order valence-electron chi connectivity index (χ0n) is 11.4. The number of hydrogen-bond acceptors (Lipinski definition) is 4. The second kappa shape index (κ2) is 5.99. The Balaban J connectivity index is 1.95. The highest BCUT2D eigenvalue weighted by molar-refractivity contribution is 6.29. The summed E-state index contributed by atoms with van der Waals surface area (Å²) in [4.78, 5) is 14.6. The fraction of sp³-hybridized carbons (Fsp3) is 0.0625. The molecule has 110 valence electrons. The van der Waals surface area contributed by atoms with Crippen LogP contribution in [0.15, 0.2) is 54.7 Å². The molecule has 1 heterocycles. The summed E-state index contributed by atoms with van der Waals surface area (Å²) in [6.07, 6.45) is 1.61. The number of nitrogens with zero attached hydrogens (tertiary/aromatic N) is 2. The van der Waals surface area contributed by atoms with Crippen molar-refractivity contribution >= 4 is 28.1 Å². The molecule has 2 aromatic carbocycles. The quantitative estimate of drug-likeness (QED) is 0.407. The van der Waals surface area contributed by atoms with Crippen molar-refractivity contribution in [1.29, 1.82) is 0 Å². The summed E-state index contributed by atoms with van der Waals surface area (Å²) in [7, 11) is 0. The normalized spacial score (nSPS) is 10.6. The Morgan fingerprint density at radius 3 is 2.64 bits per heavy atom. The van der Waals surface area contributed by atoms with E-state index in [1.54, 1.807) is 42.6 Å². The molecule has 0 atom stereocenters. The molecule has 0 saturated heterocycles. The van der Waals surface area contributed by atoms with E-state index in [0.29, 0.717) is 28.3 Å². The molecule has 3 aromatic rings. The third-order valence-electron chi connectivity index (χ3n) is 3.24. The Morgan fingerprint density at radius 1 is 1.14 bits per heavy atom. The van der Waals surface area contributed by atoms with Crippen molar-refractivity contribution in [3.05, 3.63) is 75.6 Å². The molecule has 0 radical (unpaired) electrons. The maximum atomic E-state index is 11.1. The van der Waals surface area contributed by atoms with Crippen molar-refractivity contribution in [2.75, 3.05) is 0 Å². The number of nitro benzene ring substituents is 1. The Morgan fingerprint density at radius 2 is 1.91 bits per heavy atom. The van der Waals surface area contributed by atoms with Crippen molar-refractivity contribution in [2.45, 2.75) is 6.61 Å². The largest absolute Gasteiger partial charge is 0.488 e. The average molecular weight is 315 g/mol. The van der Waals surface area contributed by atoms with E-state index in [9.17, 15) is 10.1 Å². The number of rotatable bonds is 4. The number of pyridine rings is 1. The molecule has 0 aliphatic carbocycles. The van der Waals surface area contributed by atoms with E-state index in [0.717, 1.165) is 5.56 Å². The Hall–Kier alpha value is -2.66. The molecule has 3 rings (SSSR count). The lowest BCUT2D eigenvalue weighted by Gasteiger charge is -2.10. The second-order valence-electron chi connectivity index (χ2n) is 4.66. The van der Waals surface area contributed by atoms with Gasteiger partial charge in [-0.1, -0.05) is 29.8 Å². The molecule has 22 heavy (non-hydrogen) atoms. The number of non-ortho nitro benzene ring substituents is 1. The van der Waals surface area contributed by atoms with Gasteiger partial charge in [0.25, 0.3) is 5.69 Å². The SMILES string of the molecule is O=[N+]([O-])c1ccc(OCc2ccnc(Cl)c2)c2ccccc12. The molecule has 6 heteroatoms. The first-order chi connectivity index (χ1) is 10.6. The minimum atomic E-state index is -0.394. The summed E-state index contributed by atoms with van der Waals surface area (Å²) in [6, 6.07) is 13.7. The molecule has 1 aromatic heterocycles. The van der Waals surface area contributed by atoms with Crippen molar-refractivity contribution in [2.24, 2.45) is 0 Å². The van der Waals surface area contributed by atoms with Crippen LogP contribution >= 0.6 is 11.6 Å². The molecule has 0 aliphatic rings. The molecule has 0 bridgehead atoms. The first-order valence-corrected chi connectivity index (χ1v) is 6.92. The zero-order valence-corrected chi connectivity index (χ0v) is 12.2. The molecule has 5 nitrogen and oxygen atoms in total. The molecule has 0 aliphatic heterocycles. The van der Waals surface area contributed by atoms with Crippen LogP contribution in [0, 0.1) is 10.1 Å². The van der Waals surface area contributed by atoms with E-state index in [4.69, 9.17) is 16.3 Å². The van der Waals surface area contributed by atoms with Gasteiger partial charge in [0.15, 0.2) is 0 Å². The van der Waals surface area contributed by atoms with Crippen LogP contribution in [0.1, 0.15) is 5.56 Å². The van der Waals surface area contributed by atoms with Crippen LogP contribution in [-0.4, -0.2) is 9.91 Å². The minimum Gasteiger partial charge on any atom is -0.488 e. The van der Waals surface area contributed by atoms with Gasteiger partial charge in [-0.25, -0.2) is 4.98 Å². The van der Waals surface area contributed by atoms with Crippen LogP contribution in [0.5, 0.6) is 5.75 Å². The predicted molar refractivity (Wildman–Crippen MR) is 84.2 cm³/mol. The standard InChI is InChI=1S/C16H11ClN2O3/c17-16-9-11(7-8-18-16)10-22-15-6-5-14(19(20)21)12-3-1-2-4-13(12)15/h1-9H,10H2. The third kappa shape index (κ3) is 2.84. The molecule has 0 fully saturated rings. The van der Waals surface area contributed by atoms with E-state index >= 15 is 0 Å². The lowest BCUT2D eigenvalue weighted by molar-refractivity contribution is -0.383. The number of benzene rings is 2. The maximum absolute atomic E-state index is 11.1. The van der Waals surface area contributed by atoms with E-state index in [1.807, 2.05) is 6.07 Å². The van der Waals surface area contributed by atoms with Crippen LogP contribution in [0.25, 0.3) is 10.8 Å². The summed E-state index contributed by atoms with van der Waals surface area (Å²) in [5, 5.41) is 12.7. The van der Waals surface area contributed by atoms with E-state index in [1.165, 1.54) is 6.07 Å². The lowest BCUT2D eigenvalue weighted by Crippen LogP contribution is -1.97. The fourth-order valence-electron chi connectivity index (χ4n) is 2.23. The summed E-state index contributed by atoms with van der Waals surface area (Å²) >= 11 is 5.84. The molecule has 0 amide bonds. The van der Waals surface area contributed by atoms with Gasteiger partial charge in [-0.2, -0.15) is 0 Å². The number of aromatic nitrogens is 1. The van der Waals surface area contributed by atoms with Gasteiger partial charge in [-0.05, 0) is 29.8 Å². The number of fused-ring (bicyclic) bond motifs is 1. The Bertz CT molecular complexity index is 852. The van der Waals surface area contributed by atoms with Gasteiger partial charge in [0.2, 0.25) is 0 Å². The summed E-state index contributed by atoms with van der Waals surface area (Å²) in [5.41, 5.74) is 0.942. The summed E-state index contributed by atoms with van der Waals surface area (Å²) in [5.74, 6) is 0.592. The first kappa shape index (κ1) is 14.3. The molecule has 0 spiro atoms.